The maximum absolute atomic E-state index is 13.0. The Bertz CT molecular complexity index is 1220. The molecule has 0 bridgehead atoms. The summed E-state index contributed by atoms with van der Waals surface area (Å²) in [5, 5.41) is 7.97. The maximum atomic E-state index is 13.0. The lowest BCUT2D eigenvalue weighted by atomic mass is 9.97. The number of carbonyl (C=O) groups is 1. The fourth-order valence-corrected chi connectivity index (χ4v) is 5.98. The highest BCUT2D eigenvalue weighted by molar-refractivity contribution is 6.33. The number of urea groups is 1. The molecule has 3 aliphatic heterocycles. The van der Waals surface area contributed by atoms with Gasteiger partial charge in [-0.1, -0.05) is 17.7 Å². The van der Waals surface area contributed by atoms with Crippen LogP contribution in [-0.4, -0.2) is 85.2 Å². The lowest BCUT2D eigenvalue weighted by Gasteiger charge is -2.37. The van der Waals surface area contributed by atoms with Crippen molar-refractivity contribution in [1.82, 2.24) is 19.7 Å². The molecule has 1 unspecified atom stereocenters. The maximum Gasteiger partial charge on any atom is 0.320 e. The number of methoxy groups -OCH3 is 1. The first-order valence-corrected chi connectivity index (χ1v) is 13.7. The highest BCUT2D eigenvalue weighted by Gasteiger charge is 2.32. The molecule has 1 aromatic heterocycles. The molecular formula is C28H35ClN6O2. The lowest BCUT2D eigenvalue weighted by molar-refractivity contribution is 0.124. The van der Waals surface area contributed by atoms with Crippen LogP contribution < -0.4 is 15.4 Å². The number of anilines is 3. The fraction of sp³-hybridized carbons (Fsp3) is 0.500. The molecule has 37 heavy (non-hydrogen) atoms. The number of hydrogen-bond acceptors (Lipinski definition) is 6. The smallest absolute Gasteiger partial charge is 0.320 e. The van der Waals surface area contributed by atoms with Crippen LogP contribution in [0.1, 0.15) is 36.3 Å². The molecule has 8 nitrogen and oxygen atoms in total. The summed E-state index contributed by atoms with van der Waals surface area (Å²) >= 11 is 6.59. The van der Waals surface area contributed by atoms with E-state index in [4.69, 9.17) is 16.3 Å². The first-order chi connectivity index (χ1) is 18.0. The van der Waals surface area contributed by atoms with Crippen LogP contribution in [0.2, 0.25) is 5.02 Å². The van der Waals surface area contributed by atoms with Crippen molar-refractivity contribution in [3.63, 3.8) is 0 Å². The zero-order valence-electron chi connectivity index (χ0n) is 21.6. The van der Waals surface area contributed by atoms with Gasteiger partial charge in [0.2, 0.25) is 0 Å². The topological polar surface area (TPSA) is 73.0 Å². The number of piperazine rings is 1. The van der Waals surface area contributed by atoms with Crippen molar-refractivity contribution in [1.29, 1.82) is 0 Å². The molecule has 0 radical (unpaired) electrons. The molecule has 2 N–H and O–H groups in total. The van der Waals surface area contributed by atoms with E-state index in [1.54, 1.807) is 7.11 Å². The first-order valence-electron chi connectivity index (χ1n) is 13.3. The van der Waals surface area contributed by atoms with E-state index in [2.05, 4.69) is 39.7 Å². The first kappa shape index (κ1) is 24.4. The number of carbonyl (C=O) groups excluding carboxylic acids is 1. The number of pyridine rings is 1. The number of amides is 2. The van der Waals surface area contributed by atoms with E-state index in [0.717, 1.165) is 73.3 Å². The van der Waals surface area contributed by atoms with E-state index in [9.17, 15) is 4.79 Å². The molecule has 1 atom stereocenters. The molecular weight excluding hydrogens is 488 g/mol. The van der Waals surface area contributed by atoms with Gasteiger partial charge in [0.15, 0.2) is 0 Å². The van der Waals surface area contributed by atoms with Gasteiger partial charge < -0.3 is 30.1 Å². The van der Waals surface area contributed by atoms with Gasteiger partial charge in [-0.05, 0) is 55.5 Å². The van der Waals surface area contributed by atoms with Gasteiger partial charge in [-0.2, -0.15) is 0 Å². The third-order valence-electron chi connectivity index (χ3n) is 8.09. The van der Waals surface area contributed by atoms with E-state index in [0.29, 0.717) is 18.2 Å². The minimum absolute atomic E-state index is 0.170. The number of ether oxygens (including phenoxy) is 1. The normalized spacial score (nSPS) is 21.8. The summed E-state index contributed by atoms with van der Waals surface area (Å²) in [6.07, 6.45) is 8.18. The summed E-state index contributed by atoms with van der Waals surface area (Å²) in [7, 11) is 3.77. The zero-order valence-corrected chi connectivity index (χ0v) is 22.4. The molecule has 1 aromatic carbocycles. The molecule has 4 aliphatic rings. The minimum atomic E-state index is 0.170. The van der Waals surface area contributed by atoms with E-state index in [1.807, 2.05) is 28.1 Å². The Hall–Kier alpha value is -2.97. The number of likely N-dealkylation sites (N-methyl/N-ethyl adjacent to an activating group) is 1. The molecule has 1 aliphatic carbocycles. The summed E-state index contributed by atoms with van der Waals surface area (Å²) in [5.74, 6) is 2.16. The highest BCUT2D eigenvalue weighted by Crippen LogP contribution is 2.47. The summed E-state index contributed by atoms with van der Waals surface area (Å²) in [4.78, 5) is 23.8. The monoisotopic (exact) mass is 522 g/mol. The number of nitrogens with zero attached hydrogens (tertiary/aromatic N) is 4. The molecule has 1 saturated heterocycles. The van der Waals surface area contributed by atoms with Crippen LogP contribution >= 0.6 is 11.6 Å². The van der Waals surface area contributed by atoms with Crippen LogP contribution in [0.5, 0.6) is 5.75 Å². The quantitative estimate of drug-likeness (QED) is 0.554. The molecule has 1 saturated carbocycles. The average molecular weight is 523 g/mol. The van der Waals surface area contributed by atoms with Gasteiger partial charge in [0, 0.05) is 74.9 Å². The van der Waals surface area contributed by atoms with Crippen molar-refractivity contribution in [3.8, 4) is 5.75 Å². The van der Waals surface area contributed by atoms with Gasteiger partial charge in [0.1, 0.15) is 11.6 Å². The summed E-state index contributed by atoms with van der Waals surface area (Å²) in [5.41, 5.74) is 5.74. The van der Waals surface area contributed by atoms with Crippen LogP contribution in [0.15, 0.2) is 36.0 Å². The number of aromatic nitrogens is 1. The third kappa shape index (κ3) is 4.97. The number of hydrogen-bond donors (Lipinski definition) is 2. The summed E-state index contributed by atoms with van der Waals surface area (Å²) in [6, 6.07) is 6.53. The molecule has 6 rings (SSSR count). The Morgan fingerprint density at radius 1 is 1.16 bits per heavy atom. The summed E-state index contributed by atoms with van der Waals surface area (Å²) < 4.78 is 5.56. The standard InChI is InChI=1S/C28H35ClN6O2/c1-33-11-13-35(14-12-33)28(36)34-9-6-19(7-10-34)24-17-22-23(5-8-30-27(22)32-24)31-20-15-21(18-3-4-18)26(29)25(16-20)37-2/h5-6,8,15-16,18,24H,3-4,7,9-14,17H2,1-2H3,(H2,30,31,32). The third-order valence-corrected chi connectivity index (χ3v) is 8.50. The van der Waals surface area contributed by atoms with E-state index in [-0.39, 0.29) is 12.1 Å². The Kier molecular flexibility index (Phi) is 6.63. The molecule has 2 fully saturated rings. The van der Waals surface area contributed by atoms with E-state index < -0.39 is 0 Å². The number of rotatable bonds is 5. The van der Waals surface area contributed by atoms with Crippen LogP contribution in [0.4, 0.5) is 22.0 Å². The van der Waals surface area contributed by atoms with Crippen LogP contribution in [0.25, 0.3) is 0 Å². The largest absolute Gasteiger partial charge is 0.495 e. The average Bonchev–Trinajstić information content (AvgIpc) is 3.67. The predicted octanol–water partition coefficient (Wildman–Crippen LogP) is 4.70. The Labute approximate surface area is 223 Å². The van der Waals surface area contributed by atoms with Crippen LogP contribution in [-0.2, 0) is 6.42 Å². The number of fused-ring (bicyclic) bond motifs is 1. The molecule has 2 amide bonds. The Morgan fingerprint density at radius 2 is 1.97 bits per heavy atom. The Balaban J connectivity index is 1.14. The minimum Gasteiger partial charge on any atom is -0.495 e. The van der Waals surface area contributed by atoms with Crippen molar-refractivity contribution in [3.05, 3.63) is 52.2 Å². The molecule has 0 spiro atoms. The second kappa shape index (κ2) is 10.1. The van der Waals surface area contributed by atoms with Gasteiger partial charge in [-0.3, -0.25) is 0 Å². The zero-order chi connectivity index (χ0) is 25.5. The van der Waals surface area contributed by atoms with Crippen LogP contribution in [0.3, 0.4) is 0 Å². The lowest BCUT2D eigenvalue weighted by Crippen LogP contribution is -2.52. The van der Waals surface area contributed by atoms with E-state index >= 15 is 0 Å². The highest BCUT2D eigenvalue weighted by atomic mass is 35.5. The van der Waals surface area contributed by atoms with Crippen LogP contribution in [0, 0.1) is 0 Å². The van der Waals surface area contributed by atoms with E-state index in [1.165, 1.54) is 24.0 Å². The van der Waals surface area contributed by atoms with Gasteiger partial charge in [0.25, 0.3) is 0 Å². The van der Waals surface area contributed by atoms with Gasteiger partial charge in [0.05, 0.1) is 18.2 Å². The van der Waals surface area contributed by atoms with Gasteiger partial charge in [-0.15, -0.1) is 0 Å². The van der Waals surface area contributed by atoms with Crippen molar-refractivity contribution in [2.45, 2.75) is 37.6 Å². The van der Waals surface area contributed by atoms with Gasteiger partial charge >= 0.3 is 6.03 Å². The number of halogens is 1. The number of benzene rings is 1. The van der Waals surface area contributed by atoms with Crippen molar-refractivity contribution < 1.29 is 9.53 Å². The summed E-state index contributed by atoms with van der Waals surface area (Å²) in [6.45, 7) is 4.94. The molecule has 4 heterocycles. The second-order valence-corrected chi connectivity index (χ2v) is 11.0. The molecule has 9 heteroatoms. The second-order valence-electron chi connectivity index (χ2n) is 10.6. The Morgan fingerprint density at radius 3 is 2.68 bits per heavy atom. The predicted molar refractivity (Wildman–Crippen MR) is 147 cm³/mol. The van der Waals surface area contributed by atoms with Crippen molar-refractivity contribution in [2.24, 2.45) is 0 Å². The molecule has 2 aromatic rings. The van der Waals surface area contributed by atoms with Crippen molar-refractivity contribution in [2.75, 3.05) is 64.1 Å². The number of nitrogens with one attached hydrogen (secondary N) is 2. The SMILES string of the molecule is COc1cc(Nc2ccnc3c2CC(C2=CCN(C(=O)N4CCN(C)CC4)CC2)N3)cc(C2CC2)c1Cl. The fourth-order valence-electron chi connectivity index (χ4n) is 5.64. The van der Waals surface area contributed by atoms with Gasteiger partial charge in [-0.25, -0.2) is 9.78 Å². The molecule has 196 valence electrons. The van der Waals surface area contributed by atoms with Crippen molar-refractivity contribution >= 4 is 34.8 Å².